The number of fused-ring (bicyclic) bond motifs is 1. The van der Waals surface area contributed by atoms with Gasteiger partial charge in [0.2, 0.25) is 0 Å². The zero-order chi connectivity index (χ0) is 13.4. The number of hydrogen-bond acceptors (Lipinski definition) is 1. The molecule has 0 aliphatic heterocycles. The highest BCUT2D eigenvalue weighted by molar-refractivity contribution is 5.98. The van der Waals surface area contributed by atoms with E-state index >= 15 is 0 Å². The summed E-state index contributed by atoms with van der Waals surface area (Å²) in [6, 6.07) is 16.0. The lowest BCUT2D eigenvalue weighted by atomic mass is 10.0. The van der Waals surface area contributed by atoms with Gasteiger partial charge >= 0.3 is 5.97 Å². The molecule has 0 saturated carbocycles. The lowest BCUT2D eigenvalue weighted by Gasteiger charge is -2.01. The Morgan fingerprint density at radius 3 is 2.47 bits per heavy atom. The summed E-state index contributed by atoms with van der Waals surface area (Å²) in [5, 5.41) is 10.1. The van der Waals surface area contributed by atoms with Gasteiger partial charge in [-0.1, -0.05) is 36.4 Å². The van der Waals surface area contributed by atoms with Crippen LogP contribution in [-0.4, -0.2) is 16.1 Å². The molecule has 0 unspecified atom stereocenters. The molecule has 3 aromatic rings. The monoisotopic (exact) mass is 251 g/mol. The van der Waals surface area contributed by atoms with Crippen molar-refractivity contribution in [1.82, 2.24) is 4.98 Å². The molecule has 1 heterocycles. The first kappa shape index (κ1) is 11.5. The van der Waals surface area contributed by atoms with Crippen molar-refractivity contribution in [3.63, 3.8) is 0 Å². The van der Waals surface area contributed by atoms with Crippen LogP contribution < -0.4 is 0 Å². The molecule has 3 nitrogen and oxygen atoms in total. The average Bonchev–Trinajstić information content (AvgIpc) is 2.77. The van der Waals surface area contributed by atoms with Gasteiger partial charge in [-0.2, -0.15) is 0 Å². The van der Waals surface area contributed by atoms with E-state index in [0.29, 0.717) is 0 Å². The molecule has 0 fully saturated rings. The predicted octanol–water partition coefficient (Wildman–Crippen LogP) is 3.84. The number of carboxylic acid groups (broad SMARTS) is 1. The van der Waals surface area contributed by atoms with Crippen molar-refractivity contribution >= 4 is 16.9 Å². The number of aromatic amines is 1. The molecule has 2 aromatic carbocycles. The fourth-order valence-corrected chi connectivity index (χ4v) is 2.35. The maximum Gasteiger partial charge on any atom is 0.352 e. The van der Waals surface area contributed by atoms with Crippen molar-refractivity contribution in [2.75, 3.05) is 0 Å². The van der Waals surface area contributed by atoms with E-state index in [1.165, 1.54) is 0 Å². The maximum absolute atomic E-state index is 11.1. The molecular formula is C16H13NO2. The standard InChI is InChI=1S/C16H13NO2/c1-10-13-9-12(11-5-3-2-4-6-11)7-8-14(13)17-15(10)16(18)19/h2-9,17H,1H3,(H,18,19). The molecule has 0 aliphatic rings. The number of aromatic nitrogens is 1. The minimum absolute atomic E-state index is 0.264. The number of carbonyl (C=O) groups is 1. The zero-order valence-corrected chi connectivity index (χ0v) is 10.5. The molecule has 1 aromatic heterocycles. The van der Waals surface area contributed by atoms with Crippen LogP contribution in [0.25, 0.3) is 22.0 Å². The van der Waals surface area contributed by atoms with Crippen molar-refractivity contribution in [3.8, 4) is 11.1 Å². The molecule has 0 atom stereocenters. The van der Waals surface area contributed by atoms with E-state index in [0.717, 1.165) is 27.6 Å². The van der Waals surface area contributed by atoms with Crippen LogP contribution in [0, 0.1) is 6.92 Å². The van der Waals surface area contributed by atoms with E-state index in [-0.39, 0.29) is 5.69 Å². The molecule has 0 saturated heterocycles. The van der Waals surface area contributed by atoms with Crippen LogP contribution in [0.3, 0.4) is 0 Å². The van der Waals surface area contributed by atoms with E-state index in [4.69, 9.17) is 5.11 Å². The average molecular weight is 251 g/mol. The molecule has 0 bridgehead atoms. The second kappa shape index (κ2) is 4.28. The highest BCUT2D eigenvalue weighted by Crippen LogP contribution is 2.27. The van der Waals surface area contributed by atoms with Crippen LogP contribution in [-0.2, 0) is 0 Å². The molecule has 0 radical (unpaired) electrons. The third-order valence-electron chi connectivity index (χ3n) is 3.38. The van der Waals surface area contributed by atoms with Gasteiger partial charge in [0.15, 0.2) is 0 Å². The molecule has 19 heavy (non-hydrogen) atoms. The highest BCUT2D eigenvalue weighted by atomic mass is 16.4. The minimum atomic E-state index is -0.921. The predicted molar refractivity (Wildman–Crippen MR) is 75.4 cm³/mol. The molecule has 3 heteroatoms. The Labute approximate surface area is 110 Å². The first-order valence-corrected chi connectivity index (χ1v) is 6.08. The summed E-state index contributed by atoms with van der Waals surface area (Å²) in [6.45, 7) is 1.83. The van der Waals surface area contributed by atoms with Gasteiger partial charge in [-0.3, -0.25) is 0 Å². The van der Waals surface area contributed by atoms with Crippen LogP contribution in [0.4, 0.5) is 0 Å². The summed E-state index contributed by atoms with van der Waals surface area (Å²) in [5.74, 6) is -0.921. The van der Waals surface area contributed by atoms with Crippen LogP contribution in [0.5, 0.6) is 0 Å². The number of benzene rings is 2. The van der Waals surface area contributed by atoms with Crippen LogP contribution in [0.1, 0.15) is 16.1 Å². The summed E-state index contributed by atoms with van der Waals surface area (Å²) in [5.41, 5.74) is 4.11. The molecule has 94 valence electrons. The van der Waals surface area contributed by atoms with Crippen molar-refractivity contribution < 1.29 is 9.90 Å². The van der Waals surface area contributed by atoms with Crippen LogP contribution >= 0.6 is 0 Å². The summed E-state index contributed by atoms with van der Waals surface area (Å²) in [4.78, 5) is 14.1. The van der Waals surface area contributed by atoms with E-state index in [9.17, 15) is 4.79 Å². The smallest absolute Gasteiger partial charge is 0.352 e. The van der Waals surface area contributed by atoms with Gasteiger partial charge in [0, 0.05) is 10.9 Å². The molecule has 0 aliphatic carbocycles. The topological polar surface area (TPSA) is 53.1 Å². The number of rotatable bonds is 2. The Hall–Kier alpha value is -2.55. The largest absolute Gasteiger partial charge is 0.477 e. The lowest BCUT2D eigenvalue weighted by molar-refractivity contribution is 0.0691. The summed E-state index contributed by atoms with van der Waals surface area (Å²) < 4.78 is 0. The van der Waals surface area contributed by atoms with Gasteiger partial charge in [-0.25, -0.2) is 4.79 Å². The van der Waals surface area contributed by atoms with Gasteiger partial charge in [0.05, 0.1) is 0 Å². The van der Waals surface area contributed by atoms with Gasteiger partial charge < -0.3 is 10.1 Å². The van der Waals surface area contributed by atoms with Crippen LogP contribution in [0.15, 0.2) is 48.5 Å². The van der Waals surface area contributed by atoms with E-state index < -0.39 is 5.97 Å². The van der Waals surface area contributed by atoms with E-state index in [1.54, 1.807) is 0 Å². The summed E-state index contributed by atoms with van der Waals surface area (Å²) in [6.07, 6.45) is 0. The van der Waals surface area contributed by atoms with E-state index in [2.05, 4.69) is 4.98 Å². The van der Waals surface area contributed by atoms with Crippen molar-refractivity contribution in [1.29, 1.82) is 0 Å². The molecular weight excluding hydrogens is 238 g/mol. The SMILES string of the molecule is Cc1c(C(=O)O)[nH]c2ccc(-c3ccccc3)cc12. The maximum atomic E-state index is 11.1. The number of hydrogen-bond donors (Lipinski definition) is 2. The number of aromatic carboxylic acids is 1. The first-order valence-electron chi connectivity index (χ1n) is 6.08. The number of nitrogens with one attached hydrogen (secondary N) is 1. The number of carboxylic acids is 1. The molecule has 0 amide bonds. The fourth-order valence-electron chi connectivity index (χ4n) is 2.35. The highest BCUT2D eigenvalue weighted by Gasteiger charge is 2.13. The lowest BCUT2D eigenvalue weighted by Crippen LogP contribution is -1.97. The minimum Gasteiger partial charge on any atom is -0.477 e. The van der Waals surface area contributed by atoms with Crippen molar-refractivity contribution in [2.24, 2.45) is 0 Å². The Balaban J connectivity index is 2.21. The fraction of sp³-hybridized carbons (Fsp3) is 0.0625. The first-order chi connectivity index (χ1) is 9.16. The molecule has 3 rings (SSSR count). The zero-order valence-electron chi connectivity index (χ0n) is 10.5. The van der Waals surface area contributed by atoms with Gasteiger partial charge in [0.1, 0.15) is 5.69 Å². The number of aryl methyl sites for hydroxylation is 1. The number of H-pyrrole nitrogens is 1. The van der Waals surface area contributed by atoms with Gasteiger partial charge in [-0.15, -0.1) is 0 Å². The molecule has 0 spiro atoms. The Kier molecular flexibility index (Phi) is 2.60. The van der Waals surface area contributed by atoms with E-state index in [1.807, 2.05) is 55.5 Å². The summed E-state index contributed by atoms with van der Waals surface area (Å²) in [7, 11) is 0. The quantitative estimate of drug-likeness (QED) is 0.727. The Morgan fingerprint density at radius 2 is 1.79 bits per heavy atom. The van der Waals surface area contributed by atoms with Crippen molar-refractivity contribution in [2.45, 2.75) is 6.92 Å². The second-order valence-corrected chi connectivity index (χ2v) is 4.56. The van der Waals surface area contributed by atoms with Gasteiger partial charge in [-0.05, 0) is 35.7 Å². The Morgan fingerprint density at radius 1 is 1.05 bits per heavy atom. The van der Waals surface area contributed by atoms with Gasteiger partial charge in [0.25, 0.3) is 0 Å². The molecule has 2 N–H and O–H groups in total. The third kappa shape index (κ3) is 1.89. The van der Waals surface area contributed by atoms with Crippen LogP contribution in [0.2, 0.25) is 0 Å². The van der Waals surface area contributed by atoms with Crippen molar-refractivity contribution in [3.05, 3.63) is 59.8 Å². The third-order valence-corrected chi connectivity index (χ3v) is 3.38. The normalized spacial score (nSPS) is 10.8. The Bertz CT molecular complexity index is 757. The summed E-state index contributed by atoms with van der Waals surface area (Å²) >= 11 is 0. The second-order valence-electron chi connectivity index (χ2n) is 4.56.